The Balaban J connectivity index is 1.52. The summed E-state index contributed by atoms with van der Waals surface area (Å²) in [5, 5.41) is 3.06. The second-order valence-electron chi connectivity index (χ2n) is 6.92. The Labute approximate surface area is 167 Å². The molecule has 3 aromatic rings. The van der Waals surface area contributed by atoms with Crippen LogP contribution in [0.2, 0.25) is 0 Å². The van der Waals surface area contributed by atoms with E-state index in [9.17, 15) is 9.59 Å². The second-order valence-corrected chi connectivity index (χ2v) is 7.86. The molecular weight excluding hydrogens is 374 g/mol. The van der Waals surface area contributed by atoms with Crippen molar-refractivity contribution in [3.8, 4) is 10.6 Å². The summed E-state index contributed by atoms with van der Waals surface area (Å²) in [5.74, 6) is -0.182. The van der Waals surface area contributed by atoms with Gasteiger partial charge in [-0.05, 0) is 49.4 Å². The summed E-state index contributed by atoms with van der Waals surface area (Å²) in [4.78, 5) is 32.4. The first-order valence-electron chi connectivity index (χ1n) is 9.60. The van der Waals surface area contributed by atoms with Gasteiger partial charge in [-0.3, -0.25) is 9.59 Å². The minimum Gasteiger partial charge on any atom is -0.466 e. The van der Waals surface area contributed by atoms with Crippen LogP contribution in [0.3, 0.4) is 0 Å². The number of hydrogen-bond donors (Lipinski definition) is 0. The van der Waals surface area contributed by atoms with Crippen molar-refractivity contribution in [2.45, 2.75) is 26.3 Å². The molecule has 1 fully saturated rings. The molecule has 0 spiro atoms. The van der Waals surface area contributed by atoms with Crippen LogP contribution in [-0.2, 0) is 20.9 Å². The molecule has 0 atom stereocenters. The van der Waals surface area contributed by atoms with Crippen molar-refractivity contribution in [2.75, 3.05) is 19.7 Å². The quantitative estimate of drug-likeness (QED) is 0.618. The third-order valence-electron chi connectivity index (χ3n) is 5.19. The monoisotopic (exact) mass is 397 g/mol. The fraction of sp³-hybridized carbons (Fsp3) is 0.381. The van der Waals surface area contributed by atoms with Gasteiger partial charge in [0.25, 0.3) is 0 Å². The lowest BCUT2D eigenvalue weighted by atomic mass is 9.97. The van der Waals surface area contributed by atoms with Gasteiger partial charge in [0.15, 0.2) is 0 Å². The van der Waals surface area contributed by atoms with Crippen LogP contribution in [0, 0.1) is 5.92 Å². The molecule has 7 heteroatoms. The van der Waals surface area contributed by atoms with Gasteiger partial charge in [0.1, 0.15) is 12.2 Å². The van der Waals surface area contributed by atoms with Gasteiger partial charge in [0.2, 0.25) is 5.91 Å². The first-order valence-corrected chi connectivity index (χ1v) is 10.5. The van der Waals surface area contributed by atoms with Crippen LogP contribution in [-0.4, -0.2) is 46.0 Å². The van der Waals surface area contributed by atoms with Gasteiger partial charge in [0, 0.05) is 24.7 Å². The third-order valence-corrected chi connectivity index (χ3v) is 6.08. The van der Waals surface area contributed by atoms with Gasteiger partial charge in [-0.1, -0.05) is 6.07 Å². The van der Waals surface area contributed by atoms with E-state index in [1.807, 2.05) is 40.0 Å². The highest BCUT2D eigenvalue weighted by atomic mass is 32.1. The van der Waals surface area contributed by atoms with Crippen molar-refractivity contribution in [3.63, 3.8) is 0 Å². The number of carbonyl (C=O) groups excluding carboxylic acids is 2. The molecule has 146 valence electrons. The van der Waals surface area contributed by atoms with Gasteiger partial charge in [-0.25, -0.2) is 4.98 Å². The van der Waals surface area contributed by atoms with E-state index in [0.717, 1.165) is 21.6 Å². The number of fused-ring (bicyclic) bond motifs is 1. The Kier molecular flexibility index (Phi) is 5.43. The van der Waals surface area contributed by atoms with Crippen molar-refractivity contribution < 1.29 is 14.3 Å². The Morgan fingerprint density at radius 1 is 1.25 bits per heavy atom. The molecular formula is C21H23N3O3S. The highest BCUT2D eigenvalue weighted by Crippen LogP contribution is 2.30. The SMILES string of the molecule is CCOC(=O)C1CCN(C(=O)Cn2c(-c3cccs3)cc3cccnc32)CC1. The number of ether oxygens (including phenoxy) is 1. The molecule has 1 amide bonds. The zero-order valence-electron chi connectivity index (χ0n) is 15.8. The van der Waals surface area contributed by atoms with Crippen LogP contribution in [0.15, 0.2) is 41.9 Å². The van der Waals surface area contributed by atoms with Crippen molar-refractivity contribution in [1.29, 1.82) is 0 Å². The predicted molar refractivity (Wildman–Crippen MR) is 109 cm³/mol. The maximum absolute atomic E-state index is 13.0. The van der Waals surface area contributed by atoms with Gasteiger partial charge >= 0.3 is 5.97 Å². The number of carbonyl (C=O) groups is 2. The van der Waals surface area contributed by atoms with Gasteiger partial charge < -0.3 is 14.2 Å². The Hall–Kier alpha value is -2.67. The van der Waals surface area contributed by atoms with Crippen molar-refractivity contribution in [1.82, 2.24) is 14.5 Å². The molecule has 6 nitrogen and oxygen atoms in total. The summed E-state index contributed by atoms with van der Waals surface area (Å²) in [5.41, 5.74) is 1.83. The Morgan fingerprint density at radius 2 is 2.07 bits per heavy atom. The molecule has 0 N–H and O–H groups in total. The normalized spacial score (nSPS) is 15.1. The van der Waals surface area contributed by atoms with Crippen molar-refractivity contribution in [3.05, 3.63) is 41.9 Å². The molecule has 0 saturated carbocycles. The highest BCUT2D eigenvalue weighted by Gasteiger charge is 2.28. The highest BCUT2D eigenvalue weighted by molar-refractivity contribution is 7.13. The molecule has 1 aliphatic rings. The number of hydrogen-bond acceptors (Lipinski definition) is 5. The summed E-state index contributed by atoms with van der Waals surface area (Å²) < 4.78 is 7.11. The van der Waals surface area contributed by atoms with E-state index in [0.29, 0.717) is 32.5 Å². The minimum absolute atomic E-state index is 0.0586. The van der Waals surface area contributed by atoms with E-state index >= 15 is 0 Å². The summed E-state index contributed by atoms with van der Waals surface area (Å²) in [6, 6.07) is 10.1. The number of amides is 1. The van der Waals surface area contributed by atoms with Crippen LogP contribution in [0.1, 0.15) is 19.8 Å². The first-order chi connectivity index (χ1) is 13.7. The van der Waals surface area contributed by atoms with Crippen LogP contribution in [0.4, 0.5) is 0 Å². The Morgan fingerprint density at radius 3 is 2.79 bits per heavy atom. The lowest BCUT2D eigenvalue weighted by molar-refractivity contribution is -0.151. The van der Waals surface area contributed by atoms with Gasteiger partial charge in [-0.15, -0.1) is 11.3 Å². The van der Waals surface area contributed by atoms with E-state index in [4.69, 9.17) is 4.74 Å². The molecule has 1 saturated heterocycles. The molecule has 3 aromatic heterocycles. The van der Waals surface area contributed by atoms with E-state index in [-0.39, 0.29) is 24.3 Å². The first kappa shape index (κ1) is 18.7. The zero-order valence-corrected chi connectivity index (χ0v) is 16.7. The standard InChI is InChI=1S/C21H23N3O3S/c1-2-27-21(26)15-7-10-23(11-8-15)19(25)14-24-17(18-6-4-12-28-18)13-16-5-3-9-22-20(16)24/h3-6,9,12-13,15H,2,7-8,10-11,14H2,1H3. The lowest BCUT2D eigenvalue weighted by Gasteiger charge is -2.31. The minimum atomic E-state index is -0.143. The fourth-order valence-electron chi connectivity index (χ4n) is 3.74. The number of thiophene rings is 1. The number of nitrogens with zero attached hydrogens (tertiary/aromatic N) is 3. The molecule has 4 rings (SSSR count). The van der Waals surface area contributed by atoms with E-state index in [1.165, 1.54) is 0 Å². The lowest BCUT2D eigenvalue weighted by Crippen LogP contribution is -2.42. The zero-order chi connectivity index (χ0) is 19.5. The van der Waals surface area contributed by atoms with E-state index < -0.39 is 0 Å². The van der Waals surface area contributed by atoms with Crippen molar-refractivity contribution >= 4 is 34.2 Å². The van der Waals surface area contributed by atoms with Crippen LogP contribution in [0.25, 0.3) is 21.6 Å². The predicted octanol–water partition coefficient (Wildman–Crippen LogP) is 3.57. The molecule has 28 heavy (non-hydrogen) atoms. The molecule has 0 radical (unpaired) electrons. The summed E-state index contributed by atoms with van der Waals surface area (Å²) in [6.07, 6.45) is 3.08. The smallest absolute Gasteiger partial charge is 0.309 e. The van der Waals surface area contributed by atoms with E-state index in [2.05, 4.69) is 17.1 Å². The van der Waals surface area contributed by atoms with Crippen LogP contribution in [0.5, 0.6) is 0 Å². The topological polar surface area (TPSA) is 64.4 Å². The number of esters is 1. The van der Waals surface area contributed by atoms with Crippen LogP contribution < -0.4 is 0 Å². The average molecular weight is 398 g/mol. The molecule has 0 aliphatic carbocycles. The summed E-state index contributed by atoms with van der Waals surface area (Å²) >= 11 is 1.65. The summed E-state index contributed by atoms with van der Waals surface area (Å²) in [7, 11) is 0. The number of piperidine rings is 1. The number of likely N-dealkylation sites (tertiary alicyclic amines) is 1. The maximum atomic E-state index is 13.0. The van der Waals surface area contributed by atoms with Gasteiger partial charge in [0.05, 0.1) is 23.1 Å². The summed E-state index contributed by atoms with van der Waals surface area (Å²) in [6.45, 7) is 3.64. The Bertz CT molecular complexity index is 972. The number of aromatic nitrogens is 2. The molecule has 0 unspecified atom stereocenters. The molecule has 4 heterocycles. The number of pyridine rings is 1. The van der Waals surface area contributed by atoms with E-state index in [1.54, 1.807) is 17.5 Å². The largest absolute Gasteiger partial charge is 0.466 e. The van der Waals surface area contributed by atoms with Crippen molar-refractivity contribution in [2.24, 2.45) is 5.92 Å². The molecule has 0 bridgehead atoms. The molecule has 1 aliphatic heterocycles. The third kappa shape index (κ3) is 3.67. The average Bonchev–Trinajstić information content (AvgIpc) is 3.36. The fourth-order valence-corrected chi connectivity index (χ4v) is 4.49. The second kappa shape index (κ2) is 8.14. The van der Waals surface area contributed by atoms with Gasteiger partial charge in [-0.2, -0.15) is 0 Å². The molecule has 0 aromatic carbocycles. The maximum Gasteiger partial charge on any atom is 0.309 e. The number of rotatable bonds is 5. The van der Waals surface area contributed by atoms with Crippen LogP contribution >= 0.6 is 11.3 Å².